The first kappa shape index (κ1) is 14.5. The number of hydrogen-bond acceptors (Lipinski definition) is 4. The molecule has 0 fully saturated rings. The predicted molar refractivity (Wildman–Crippen MR) is 83.2 cm³/mol. The third-order valence-electron chi connectivity index (χ3n) is 2.77. The lowest BCUT2D eigenvalue weighted by Gasteiger charge is -2.09. The van der Waals surface area contributed by atoms with E-state index >= 15 is 0 Å². The van der Waals surface area contributed by atoms with E-state index in [-0.39, 0.29) is 5.91 Å². The van der Waals surface area contributed by atoms with Gasteiger partial charge in [-0.1, -0.05) is 13.0 Å². The van der Waals surface area contributed by atoms with Crippen LogP contribution in [0.25, 0.3) is 0 Å². The number of carbonyl (C=O) groups is 1. The third kappa shape index (κ3) is 4.06. The zero-order chi connectivity index (χ0) is 14.4. The molecule has 5 heteroatoms. The molecule has 2 heterocycles. The van der Waals surface area contributed by atoms with Crippen molar-refractivity contribution in [2.75, 3.05) is 11.9 Å². The van der Waals surface area contributed by atoms with E-state index < -0.39 is 0 Å². The summed E-state index contributed by atoms with van der Waals surface area (Å²) in [6.07, 6.45) is 1.02. The van der Waals surface area contributed by atoms with Crippen LogP contribution in [-0.2, 0) is 6.54 Å². The van der Waals surface area contributed by atoms with E-state index in [0.29, 0.717) is 12.1 Å². The molecule has 0 aliphatic carbocycles. The SMILES string of the molecule is CCCNc1cc(C(=O)NCc2cccs2)cc(C)n1. The van der Waals surface area contributed by atoms with E-state index in [0.717, 1.165) is 29.4 Å². The van der Waals surface area contributed by atoms with E-state index in [1.165, 1.54) is 0 Å². The zero-order valence-electron chi connectivity index (χ0n) is 11.8. The molecule has 0 radical (unpaired) electrons. The van der Waals surface area contributed by atoms with Gasteiger partial charge in [0.15, 0.2) is 0 Å². The summed E-state index contributed by atoms with van der Waals surface area (Å²) in [5.74, 6) is 0.691. The lowest BCUT2D eigenvalue weighted by atomic mass is 10.2. The van der Waals surface area contributed by atoms with Crippen LogP contribution in [0, 0.1) is 6.92 Å². The minimum Gasteiger partial charge on any atom is -0.370 e. The van der Waals surface area contributed by atoms with Gasteiger partial charge in [-0.25, -0.2) is 4.98 Å². The highest BCUT2D eigenvalue weighted by molar-refractivity contribution is 7.09. The molecule has 0 spiro atoms. The van der Waals surface area contributed by atoms with Gasteiger partial charge in [0.1, 0.15) is 5.82 Å². The number of nitrogens with zero attached hydrogens (tertiary/aromatic N) is 1. The van der Waals surface area contributed by atoms with Crippen molar-refractivity contribution in [2.45, 2.75) is 26.8 Å². The second-order valence-corrected chi connectivity index (χ2v) is 5.60. The molecule has 0 aliphatic heterocycles. The predicted octanol–water partition coefficient (Wildman–Crippen LogP) is 3.20. The quantitative estimate of drug-likeness (QED) is 0.858. The lowest BCUT2D eigenvalue weighted by molar-refractivity contribution is 0.0951. The maximum atomic E-state index is 12.2. The summed E-state index contributed by atoms with van der Waals surface area (Å²) in [5, 5.41) is 8.14. The summed E-state index contributed by atoms with van der Waals surface area (Å²) < 4.78 is 0. The molecular weight excluding hydrogens is 270 g/mol. The van der Waals surface area contributed by atoms with Crippen molar-refractivity contribution >= 4 is 23.1 Å². The number of nitrogens with one attached hydrogen (secondary N) is 2. The average Bonchev–Trinajstić information content (AvgIpc) is 2.95. The Morgan fingerprint density at radius 1 is 1.40 bits per heavy atom. The molecule has 106 valence electrons. The van der Waals surface area contributed by atoms with Gasteiger partial charge in [0.25, 0.3) is 5.91 Å². The standard InChI is InChI=1S/C15H19N3OS/c1-3-6-16-14-9-12(8-11(2)18-14)15(19)17-10-13-5-4-7-20-13/h4-5,7-9H,3,6,10H2,1-2H3,(H,16,18)(H,17,19). The van der Waals surface area contributed by atoms with Crippen molar-refractivity contribution in [3.63, 3.8) is 0 Å². The highest BCUT2D eigenvalue weighted by atomic mass is 32.1. The van der Waals surface area contributed by atoms with E-state index in [9.17, 15) is 4.79 Å². The Morgan fingerprint density at radius 2 is 2.25 bits per heavy atom. The van der Waals surface area contributed by atoms with Crippen molar-refractivity contribution in [1.29, 1.82) is 0 Å². The number of anilines is 1. The fraction of sp³-hybridized carbons (Fsp3) is 0.333. The maximum absolute atomic E-state index is 12.2. The molecule has 0 saturated heterocycles. The van der Waals surface area contributed by atoms with Crippen LogP contribution in [-0.4, -0.2) is 17.4 Å². The monoisotopic (exact) mass is 289 g/mol. The van der Waals surface area contributed by atoms with Crippen LogP contribution in [0.1, 0.15) is 34.3 Å². The molecule has 0 saturated carbocycles. The van der Waals surface area contributed by atoms with Crippen molar-refractivity contribution in [3.05, 3.63) is 45.8 Å². The molecule has 2 N–H and O–H groups in total. The van der Waals surface area contributed by atoms with Gasteiger partial charge >= 0.3 is 0 Å². The van der Waals surface area contributed by atoms with Gasteiger partial charge in [-0.05, 0) is 36.9 Å². The largest absolute Gasteiger partial charge is 0.370 e. The second-order valence-electron chi connectivity index (χ2n) is 4.57. The minimum absolute atomic E-state index is 0.0663. The van der Waals surface area contributed by atoms with Gasteiger partial charge in [0, 0.05) is 22.7 Å². The van der Waals surface area contributed by atoms with E-state index in [4.69, 9.17) is 0 Å². The van der Waals surface area contributed by atoms with Crippen LogP contribution in [0.3, 0.4) is 0 Å². The lowest BCUT2D eigenvalue weighted by Crippen LogP contribution is -2.22. The van der Waals surface area contributed by atoms with E-state index in [1.54, 1.807) is 23.5 Å². The summed E-state index contributed by atoms with van der Waals surface area (Å²) in [4.78, 5) is 17.7. The van der Waals surface area contributed by atoms with E-state index in [2.05, 4.69) is 22.5 Å². The van der Waals surface area contributed by atoms with Crippen molar-refractivity contribution in [1.82, 2.24) is 10.3 Å². The van der Waals surface area contributed by atoms with Gasteiger partial charge < -0.3 is 10.6 Å². The smallest absolute Gasteiger partial charge is 0.251 e. The molecule has 0 bridgehead atoms. The number of pyridine rings is 1. The van der Waals surface area contributed by atoms with Gasteiger partial charge in [-0.3, -0.25) is 4.79 Å². The molecule has 4 nitrogen and oxygen atoms in total. The Bertz CT molecular complexity index is 567. The van der Waals surface area contributed by atoms with Crippen LogP contribution in [0.2, 0.25) is 0 Å². The molecule has 0 atom stereocenters. The van der Waals surface area contributed by atoms with Gasteiger partial charge in [0.2, 0.25) is 0 Å². The first-order valence-corrected chi connectivity index (χ1v) is 7.60. The van der Waals surface area contributed by atoms with E-state index in [1.807, 2.05) is 24.4 Å². The fourth-order valence-electron chi connectivity index (χ4n) is 1.83. The van der Waals surface area contributed by atoms with Crippen LogP contribution in [0.5, 0.6) is 0 Å². The van der Waals surface area contributed by atoms with Crippen molar-refractivity contribution in [2.24, 2.45) is 0 Å². The topological polar surface area (TPSA) is 54.0 Å². The molecule has 2 aromatic heterocycles. The molecule has 2 rings (SSSR count). The summed E-state index contributed by atoms with van der Waals surface area (Å²) in [6.45, 7) is 5.41. The number of rotatable bonds is 6. The molecule has 2 aromatic rings. The molecular formula is C15H19N3OS. The zero-order valence-corrected chi connectivity index (χ0v) is 12.6. The molecule has 0 unspecified atom stereocenters. The Balaban J connectivity index is 2.02. The molecule has 0 aliphatic rings. The number of aryl methyl sites for hydroxylation is 1. The van der Waals surface area contributed by atoms with Gasteiger partial charge in [-0.2, -0.15) is 0 Å². The van der Waals surface area contributed by atoms with Gasteiger partial charge in [-0.15, -0.1) is 11.3 Å². The third-order valence-corrected chi connectivity index (χ3v) is 3.65. The highest BCUT2D eigenvalue weighted by Gasteiger charge is 2.08. The first-order valence-electron chi connectivity index (χ1n) is 6.72. The van der Waals surface area contributed by atoms with Crippen molar-refractivity contribution in [3.8, 4) is 0 Å². The second kappa shape index (κ2) is 7.05. The highest BCUT2D eigenvalue weighted by Crippen LogP contribution is 2.12. The summed E-state index contributed by atoms with van der Waals surface area (Å²) in [6, 6.07) is 7.60. The molecule has 20 heavy (non-hydrogen) atoms. The average molecular weight is 289 g/mol. The normalized spacial score (nSPS) is 10.3. The van der Waals surface area contributed by atoms with Crippen LogP contribution in [0.15, 0.2) is 29.6 Å². The Kier molecular flexibility index (Phi) is 5.12. The fourth-order valence-corrected chi connectivity index (χ4v) is 2.47. The maximum Gasteiger partial charge on any atom is 0.251 e. The number of amides is 1. The number of hydrogen-bond donors (Lipinski definition) is 2. The van der Waals surface area contributed by atoms with Crippen molar-refractivity contribution < 1.29 is 4.79 Å². The number of carbonyl (C=O) groups excluding carboxylic acids is 1. The summed E-state index contributed by atoms with van der Waals surface area (Å²) in [5.41, 5.74) is 1.49. The minimum atomic E-state index is -0.0663. The Labute approximate surface area is 123 Å². The first-order chi connectivity index (χ1) is 9.69. The Morgan fingerprint density at radius 3 is 2.95 bits per heavy atom. The summed E-state index contributed by atoms with van der Waals surface area (Å²) >= 11 is 1.64. The van der Waals surface area contributed by atoms with Crippen LogP contribution >= 0.6 is 11.3 Å². The van der Waals surface area contributed by atoms with Crippen LogP contribution < -0.4 is 10.6 Å². The molecule has 1 amide bonds. The number of aromatic nitrogens is 1. The number of thiophene rings is 1. The van der Waals surface area contributed by atoms with Gasteiger partial charge in [0.05, 0.1) is 6.54 Å². The molecule has 0 aromatic carbocycles. The van der Waals surface area contributed by atoms with Crippen LogP contribution in [0.4, 0.5) is 5.82 Å². The Hall–Kier alpha value is -1.88. The summed E-state index contributed by atoms with van der Waals surface area (Å²) in [7, 11) is 0.